The van der Waals surface area contributed by atoms with Gasteiger partial charge in [0, 0.05) is 16.3 Å². The predicted octanol–water partition coefficient (Wildman–Crippen LogP) is 12.5. The number of hydrogen-bond acceptors (Lipinski definition) is 4. The summed E-state index contributed by atoms with van der Waals surface area (Å²) in [7, 11) is 0. The van der Waals surface area contributed by atoms with Gasteiger partial charge in [0.05, 0.1) is 17.2 Å². The number of oxazole rings is 1. The maximum atomic E-state index is 9.42. The first kappa shape index (κ1) is 29.5. The van der Waals surface area contributed by atoms with Crippen LogP contribution in [0.1, 0.15) is 56.2 Å². The number of aromatic nitrogens is 1. The molecule has 8 aromatic rings. The van der Waals surface area contributed by atoms with Crippen LogP contribution in [0.2, 0.25) is 0 Å². The Kier molecular flexibility index (Phi) is 7.19. The lowest BCUT2D eigenvalue weighted by molar-refractivity contribution is 0.616. The van der Waals surface area contributed by atoms with Gasteiger partial charge in [0.15, 0.2) is 5.58 Å². The molecular formula is C44H34N2O2. The Morgan fingerprint density at radius 2 is 1.21 bits per heavy atom. The van der Waals surface area contributed by atoms with Crippen molar-refractivity contribution in [2.75, 3.05) is 0 Å². The van der Waals surface area contributed by atoms with Gasteiger partial charge in [-0.25, -0.2) is 4.98 Å². The molecular weight excluding hydrogens is 588 g/mol. The normalized spacial score (nSPS) is 11.7. The van der Waals surface area contributed by atoms with Crippen LogP contribution in [-0.4, -0.2) is 4.98 Å². The molecule has 4 heteroatoms. The average molecular weight is 623 g/mol. The van der Waals surface area contributed by atoms with Gasteiger partial charge in [-0.05, 0) is 81.1 Å². The van der Waals surface area contributed by atoms with Gasteiger partial charge >= 0.3 is 0 Å². The van der Waals surface area contributed by atoms with Gasteiger partial charge < -0.3 is 8.83 Å². The third-order valence-electron chi connectivity index (χ3n) is 9.31. The molecule has 0 aliphatic heterocycles. The summed E-state index contributed by atoms with van der Waals surface area (Å²) in [6.45, 7) is 9.04. The van der Waals surface area contributed by atoms with Crippen LogP contribution in [0.4, 0.5) is 0 Å². The van der Waals surface area contributed by atoms with Crippen molar-refractivity contribution < 1.29 is 8.83 Å². The van der Waals surface area contributed by atoms with Crippen LogP contribution in [0.25, 0.3) is 77.9 Å². The Morgan fingerprint density at radius 1 is 0.562 bits per heavy atom. The van der Waals surface area contributed by atoms with E-state index in [-0.39, 0.29) is 11.8 Å². The molecule has 0 saturated heterocycles. The Hall–Kier alpha value is -5.92. The summed E-state index contributed by atoms with van der Waals surface area (Å²) in [5, 5.41) is 11.3. The average Bonchev–Trinajstić information content (AvgIpc) is 3.73. The molecule has 0 spiro atoms. The van der Waals surface area contributed by atoms with Crippen molar-refractivity contribution in [1.82, 2.24) is 4.98 Å². The highest BCUT2D eigenvalue weighted by Gasteiger charge is 2.23. The zero-order valence-corrected chi connectivity index (χ0v) is 27.4. The van der Waals surface area contributed by atoms with Gasteiger partial charge in [-0.1, -0.05) is 119 Å². The molecule has 0 radical (unpaired) electrons. The van der Waals surface area contributed by atoms with Crippen molar-refractivity contribution in [2.45, 2.75) is 39.5 Å². The number of rotatable bonds is 6. The van der Waals surface area contributed by atoms with Crippen LogP contribution >= 0.6 is 0 Å². The summed E-state index contributed by atoms with van der Waals surface area (Å²) < 4.78 is 13.0. The first-order chi connectivity index (χ1) is 23.4. The van der Waals surface area contributed by atoms with E-state index in [1.165, 1.54) is 38.9 Å². The first-order valence-corrected chi connectivity index (χ1v) is 16.5. The number of fused-ring (bicyclic) bond motifs is 4. The molecule has 0 atom stereocenters. The molecule has 0 fully saturated rings. The van der Waals surface area contributed by atoms with Crippen LogP contribution < -0.4 is 0 Å². The standard InChI is InChI=1S/C44H34N2O2/c1-26(2)37-23-32(31-19-17-30(18-20-31)29-10-6-5-7-11-29)24-38(27(3)4)41(37)35-13-9-15-39-43(35)48-44(46-39)36-14-8-12-34-33-21-16-28(25-45)22-40(33)47-42(34)36/h5-24,26-27H,1-4H3. The highest BCUT2D eigenvalue weighted by Crippen LogP contribution is 2.44. The molecule has 0 bridgehead atoms. The third-order valence-corrected chi connectivity index (χ3v) is 9.31. The number of nitrogens with zero attached hydrogens (tertiary/aromatic N) is 2. The van der Waals surface area contributed by atoms with Gasteiger partial charge in [0.25, 0.3) is 0 Å². The minimum atomic E-state index is 0.279. The fraction of sp³-hybridized carbons (Fsp3) is 0.136. The number of hydrogen-bond donors (Lipinski definition) is 0. The molecule has 0 amide bonds. The highest BCUT2D eigenvalue weighted by atomic mass is 16.4. The van der Waals surface area contributed by atoms with E-state index in [2.05, 4.69) is 107 Å². The van der Waals surface area contributed by atoms with Gasteiger partial charge in [0.1, 0.15) is 16.7 Å². The third kappa shape index (κ3) is 4.96. The van der Waals surface area contributed by atoms with E-state index in [4.69, 9.17) is 13.8 Å². The van der Waals surface area contributed by atoms with E-state index >= 15 is 0 Å². The number of para-hydroxylation sites is 2. The quantitative estimate of drug-likeness (QED) is 0.185. The topological polar surface area (TPSA) is 63.0 Å². The van der Waals surface area contributed by atoms with Crippen LogP contribution in [0.5, 0.6) is 0 Å². The monoisotopic (exact) mass is 622 g/mol. The minimum Gasteiger partial charge on any atom is -0.455 e. The smallest absolute Gasteiger partial charge is 0.231 e. The van der Waals surface area contributed by atoms with Crippen molar-refractivity contribution in [1.29, 1.82) is 5.26 Å². The van der Waals surface area contributed by atoms with Gasteiger partial charge in [-0.15, -0.1) is 0 Å². The van der Waals surface area contributed by atoms with E-state index in [0.29, 0.717) is 22.6 Å². The van der Waals surface area contributed by atoms with Crippen LogP contribution in [0.3, 0.4) is 0 Å². The lowest BCUT2D eigenvalue weighted by Gasteiger charge is -2.22. The fourth-order valence-corrected chi connectivity index (χ4v) is 6.86. The summed E-state index contributed by atoms with van der Waals surface area (Å²) in [4.78, 5) is 4.99. The van der Waals surface area contributed by atoms with E-state index in [9.17, 15) is 5.26 Å². The molecule has 0 N–H and O–H groups in total. The second kappa shape index (κ2) is 11.7. The van der Waals surface area contributed by atoms with Crippen LogP contribution in [-0.2, 0) is 0 Å². The molecule has 48 heavy (non-hydrogen) atoms. The summed E-state index contributed by atoms with van der Waals surface area (Å²) in [6.07, 6.45) is 0. The highest BCUT2D eigenvalue weighted by molar-refractivity contribution is 6.09. The molecule has 6 aromatic carbocycles. The van der Waals surface area contributed by atoms with E-state index in [1.54, 1.807) is 6.07 Å². The SMILES string of the molecule is CC(C)c1cc(-c2ccc(-c3ccccc3)cc2)cc(C(C)C)c1-c1cccc2nc(-c3cccc4c3oc3cc(C#N)ccc34)oc12. The molecule has 4 nitrogen and oxygen atoms in total. The molecule has 232 valence electrons. The minimum absolute atomic E-state index is 0.279. The molecule has 2 heterocycles. The maximum Gasteiger partial charge on any atom is 0.231 e. The van der Waals surface area contributed by atoms with Gasteiger partial charge in [0.2, 0.25) is 5.89 Å². The Morgan fingerprint density at radius 3 is 1.90 bits per heavy atom. The maximum absolute atomic E-state index is 9.42. The Labute approximate surface area is 279 Å². The fourth-order valence-electron chi connectivity index (χ4n) is 6.86. The van der Waals surface area contributed by atoms with Crippen molar-refractivity contribution in [3.8, 4) is 50.9 Å². The van der Waals surface area contributed by atoms with Gasteiger partial charge in [-0.3, -0.25) is 0 Å². The zero-order chi connectivity index (χ0) is 32.9. The molecule has 0 aliphatic rings. The van der Waals surface area contributed by atoms with E-state index in [1.807, 2.05) is 42.5 Å². The molecule has 2 aromatic heterocycles. The van der Waals surface area contributed by atoms with E-state index < -0.39 is 0 Å². The predicted molar refractivity (Wildman–Crippen MR) is 196 cm³/mol. The number of benzene rings is 6. The number of nitriles is 1. The van der Waals surface area contributed by atoms with Crippen LogP contribution in [0, 0.1) is 11.3 Å². The van der Waals surface area contributed by atoms with Gasteiger partial charge in [-0.2, -0.15) is 5.26 Å². The second-order valence-corrected chi connectivity index (χ2v) is 13.1. The molecule has 0 unspecified atom stereocenters. The van der Waals surface area contributed by atoms with Crippen molar-refractivity contribution in [3.05, 3.63) is 138 Å². The molecule has 0 saturated carbocycles. The summed E-state index contributed by atoms with van der Waals surface area (Å²) in [5.74, 6) is 1.07. The van der Waals surface area contributed by atoms with E-state index in [0.717, 1.165) is 33.0 Å². The summed E-state index contributed by atoms with van der Waals surface area (Å²) in [5.41, 5.74) is 13.9. The molecule has 8 rings (SSSR count). The second-order valence-electron chi connectivity index (χ2n) is 13.1. The summed E-state index contributed by atoms with van der Waals surface area (Å²) >= 11 is 0. The zero-order valence-electron chi connectivity index (χ0n) is 27.4. The Bertz CT molecular complexity index is 2480. The number of furan rings is 1. The van der Waals surface area contributed by atoms with Crippen molar-refractivity contribution in [2.24, 2.45) is 0 Å². The largest absolute Gasteiger partial charge is 0.455 e. The first-order valence-electron chi connectivity index (χ1n) is 16.5. The lowest BCUT2D eigenvalue weighted by Crippen LogP contribution is -2.01. The van der Waals surface area contributed by atoms with Crippen LogP contribution in [0.15, 0.2) is 130 Å². The summed E-state index contributed by atoms with van der Waals surface area (Å²) in [6, 6.07) is 44.1. The van der Waals surface area contributed by atoms with Crippen molar-refractivity contribution >= 4 is 33.0 Å². The van der Waals surface area contributed by atoms with Crippen molar-refractivity contribution in [3.63, 3.8) is 0 Å². The Balaban J connectivity index is 1.27. The lowest BCUT2D eigenvalue weighted by atomic mass is 9.82. The molecule has 0 aliphatic carbocycles.